The Morgan fingerprint density at radius 1 is 1.47 bits per heavy atom. The molecule has 1 aromatic rings. The van der Waals surface area contributed by atoms with E-state index in [9.17, 15) is 8.78 Å². The minimum absolute atomic E-state index is 0.375. The maximum Gasteiger partial charge on any atom is 0.292 e. The molecule has 1 aromatic carbocycles. The fraction of sp³-hybridized carbons (Fsp3) is 0.462. The summed E-state index contributed by atoms with van der Waals surface area (Å²) in [6.07, 6.45) is 3.08. The summed E-state index contributed by atoms with van der Waals surface area (Å²) >= 11 is 0. The van der Waals surface area contributed by atoms with E-state index >= 15 is 0 Å². The van der Waals surface area contributed by atoms with Crippen LogP contribution in [0.2, 0.25) is 0 Å². The first-order valence-electron chi connectivity index (χ1n) is 5.74. The first-order valence-corrected chi connectivity index (χ1v) is 5.74. The van der Waals surface area contributed by atoms with E-state index in [4.69, 9.17) is 14.6 Å². The number of hydrogen-bond donors (Lipinski definition) is 1. The van der Waals surface area contributed by atoms with Gasteiger partial charge in [-0.1, -0.05) is 6.07 Å². The van der Waals surface area contributed by atoms with Crippen molar-refractivity contribution in [2.45, 2.75) is 25.9 Å². The summed E-state index contributed by atoms with van der Waals surface area (Å²) in [5.74, 6) is -2.89. The van der Waals surface area contributed by atoms with E-state index in [0.29, 0.717) is 12.6 Å². The van der Waals surface area contributed by atoms with Crippen molar-refractivity contribution in [1.82, 2.24) is 0 Å². The molecule has 1 saturated heterocycles. The SMILES string of the molecule is CC1CCCO1.COC=O.Oc1cccc(F)c1F. The summed E-state index contributed by atoms with van der Waals surface area (Å²) in [5, 5.41) is 8.49. The molecule has 1 aliphatic rings. The predicted octanol–water partition coefficient (Wildman–Crippen LogP) is 2.64. The van der Waals surface area contributed by atoms with Crippen LogP contribution in [0.4, 0.5) is 8.78 Å². The van der Waals surface area contributed by atoms with Gasteiger partial charge in [0.2, 0.25) is 0 Å². The van der Waals surface area contributed by atoms with Crippen LogP contribution in [-0.2, 0) is 14.3 Å². The highest BCUT2D eigenvalue weighted by Crippen LogP contribution is 2.16. The quantitative estimate of drug-likeness (QED) is 0.801. The zero-order valence-corrected chi connectivity index (χ0v) is 10.9. The lowest BCUT2D eigenvalue weighted by Gasteiger charge is -1.94. The van der Waals surface area contributed by atoms with Crippen LogP contribution in [-0.4, -0.2) is 31.4 Å². The normalized spacial score (nSPS) is 16.5. The van der Waals surface area contributed by atoms with E-state index in [1.165, 1.54) is 26.0 Å². The van der Waals surface area contributed by atoms with Gasteiger partial charge >= 0.3 is 0 Å². The molecule has 6 heteroatoms. The minimum atomic E-state index is -1.20. The van der Waals surface area contributed by atoms with E-state index < -0.39 is 17.4 Å². The van der Waals surface area contributed by atoms with E-state index in [1.54, 1.807) is 0 Å². The first-order chi connectivity index (χ1) is 9.02. The number of phenols is 1. The van der Waals surface area contributed by atoms with Gasteiger partial charge in [0.25, 0.3) is 6.47 Å². The summed E-state index contributed by atoms with van der Waals surface area (Å²) in [4.78, 5) is 8.95. The highest BCUT2D eigenvalue weighted by atomic mass is 19.2. The van der Waals surface area contributed by atoms with Gasteiger partial charge in [-0.05, 0) is 31.9 Å². The molecule has 0 aliphatic carbocycles. The zero-order valence-electron chi connectivity index (χ0n) is 10.9. The molecule has 0 amide bonds. The van der Waals surface area contributed by atoms with E-state index in [2.05, 4.69) is 11.7 Å². The second-order valence-corrected chi connectivity index (χ2v) is 3.73. The number of methoxy groups -OCH3 is 1. The van der Waals surface area contributed by atoms with Gasteiger partial charge in [-0.25, -0.2) is 4.39 Å². The lowest BCUT2D eigenvalue weighted by Crippen LogP contribution is -1.94. The number of benzene rings is 1. The highest BCUT2D eigenvalue weighted by molar-refractivity contribution is 5.36. The lowest BCUT2D eigenvalue weighted by molar-refractivity contribution is -0.126. The van der Waals surface area contributed by atoms with Gasteiger partial charge in [0, 0.05) is 6.61 Å². The average molecular weight is 276 g/mol. The number of aromatic hydroxyl groups is 1. The Morgan fingerprint density at radius 2 is 2.11 bits per heavy atom. The number of hydrogen-bond acceptors (Lipinski definition) is 4. The molecule has 0 saturated carbocycles. The fourth-order valence-corrected chi connectivity index (χ4v) is 1.23. The molecule has 1 aliphatic heterocycles. The largest absolute Gasteiger partial charge is 0.505 e. The summed E-state index contributed by atoms with van der Waals surface area (Å²) in [5.41, 5.74) is 0. The molecule has 2 rings (SSSR count). The molecule has 0 aromatic heterocycles. The maximum atomic E-state index is 12.1. The molecule has 1 fully saturated rings. The number of carbonyl (C=O) groups excluding carboxylic acids is 1. The Bertz CT molecular complexity index is 345. The van der Waals surface area contributed by atoms with E-state index in [1.807, 2.05) is 0 Å². The molecule has 0 spiro atoms. The highest BCUT2D eigenvalue weighted by Gasteiger charge is 2.07. The monoisotopic (exact) mass is 276 g/mol. The predicted molar refractivity (Wildman–Crippen MR) is 65.7 cm³/mol. The van der Waals surface area contributed by atoms with Crippen LogP contribution in [0, 0.1) is 11.6 Å². The number of ether oxygens (including phenoxy) is 2. The standard InChI is InChI=1S/C6H4F2O.C5H10O.C2H4O2/c7-4-2-1-3-5(9)6(4)8;1-5-3-2-4-6-5;1-4-2-3/h1-3,9H;5H,2-4H2,1H3;2H,1H3. The number of halogens is 2. The van der Waals surface area contributed by atoms with Crippen molar-refractivity contribution in [1.29, 1.82) is 0 Å². The fourth-order valence-electron chi connectivity index (χ4n) is 1.23. The van der Waals surface area contributed by atoms with Crippen molar-refractivity contribution >= 4 is 6.47 Å². The topological polar surface area (TPSA) is 55.8 Å². The molecule has 1 heterocycles. The molecular formula is C13H18F2O4. The Balaban J connectivity index is 0.000000281. The van der Waals surface area contributed by atoms with Crippen molar-refractivity contribution in [2.75, 3.05) is 13.7 Å². The molecule has 19 heavy (non-hydrogen) atoms. The summed E-state index contributed by atoms with van der Waals surface area (Å²) in [6, 6.07) is 3.25. The van der Waals surface area contributed by atoms with Crippen LogP contribution in [0.5, 0.6) is 5.75 Å². The van der Waals surface area contributed by atoms with Crippen molar-refractivity contribution in [3.05, 3.63) is 29.8 Å². The van der Waals surface area contributed by atoms with Gasteiger partial charge in [-0.3, -0.25) is 4.79 Å². The Kier molecular flexibility index (Phi) is 9.34. The number of carbonyl (C=O) groups is 1. The van der Waals surface area contributed by atoms with Crippen molar-refractivity contribution in [3.63, 3.8) is 0 Å². The van der Waals surface area contributed by atoms with Gasteiger partial charge in [-0.15, -0.1) is 0 Å². The summed E-state index contributed by atoms with van der Waals surface area (Å²) in [7, 11) is 1.31. The molecule has 108 valence electrons. The van der Waals surface area contributed by atoms with Crippen LogP contribution in [0.25, 0.3) is 0 Å². The van der Waals surface area contributed by atoms with Gasteiger partial charge in [-0.2, -0.15) is 4.39 Å². The Hall–Kier alpha value is -1.69. The molecule has 0 bridgehead atoms. The van der Waals surface area contributed by atoms with Gasteiger partial charge in [0.1, 0.15) is 0 Å². The Morgan fingerprint density at radius 3 is 2.37 bits per heavy atom. The molecular weight excluding hydrogens is 258 g/mol. The average Bonchev–Trinajstić information content (AvgIpc) is 2.88. The van der Waals surface area contributed by atoms with Gasteiger partial charge in [0.05, 0.1) is 13.2 Å². The van der Waals surface area contributed by atoms with E-state index in [0.717, 1.165) is 18.7 Å². The van der Waals surface area contributed by atoms with Crippen LogP contribution in [0.1, 0.15) is 19.8 Å². The van der Waals surface area contributed by atoms with Crippen molar-refractivity contribution in [2.24, 2.45) is 0 Å². The number of rotatable bonds is 1. The van der Waals surface area contributed by atoms with Crippen LogP contribution in [0.15, 0.2) is 18.2 Å². The third kappa shape index (κ3) is 8.10. The smallest absolute Gasteiger partial charge is 0.292 e. The minimum Gasteiger partial charge on any atom is -0.505 e. The molecule has 1 N–H and O–H groups in total. The lowest BCUT2D eigenvalue weighted by atomic mass is 10.3. The van der Waals surface area contributed by atoms with E-state index in [-0.39, 0.29) is 0 Å². The third-order valence-corrected chi connectivity index (χ3v) is 2.18. The zero-order chi connectivity index (χ0) is 14.7. The second kappa shape index (κ2) is 10.3. The van der Waals surface area contributed by atoms with Crippen molar-refractivity contribution in [3.8, 4) is 5.75 Å². The van der Waals surface area contributed by atoms with Crippen molar-refractivity contribution < 1.29 is 28.2 Å². The second-order valence-electron chi connectivity index (χ2n) is 3.73. The molecule has 0 radical (unpaired) electrons. The number of phenolic OH excluding ortho intramolecular Hbond substituents is 1. The molecule has 4 nitrogen and oxygen atoms in total. The van der Waals surface area contributed by atoms with Crippen LogP contribution < -0.4 is 0 Å². The molecule has 1 unspecified atom stereocenters. The molecule has 1 atom stereocenters. The summed E-state index contributed by atoms with van der Waals surface area (Å²) in [6.45, 7) is 3.48. The van der Waals surface area contributed by atoms with Gasteiger partial charge < -0.3 is 14.6 Å². The van der Waals surface area contributed by atoms with Crippen LogP contribution in [0.3, 0.4) is 0 Å². The third-order valence-electron chi connectivity index (χ3n) is 2.18. The van der Waals surface area contributed by atoms with Crippen LogP contribution >= 0.6 is 0 Å². The first kappa shape index (κ1) is 17.3. The summed E-state index contributed by atoms with van der Waals surface area (Å²) < 4.78 is 33.2. The van der Waals surface area contributed by atoms with Gasteiger partial charge in [0.15, 0.2) is 17.4 Å². The maximum absolute atomic E-state index is 12.1. The Labute approximate surface area is 111 Å².